The molecule has 1 unspecified atom stereocenters. The molecule has 2 aromatic carbocycles. The third kappa shape index (κ3) is 13.0. The molecule has 2 heterocycles. The lowest BCUT2D eigenvalue weighted by Gasteiger charge is -2.31. The maximum absolute atomic E-state index is 13.7. The molecule has 0 aliphatic carbocycles. The number of benzene rings is 2. The van der Waals surface area contributed by atoms with Gasteiger partial charge in [-0.3, -0.25) is 28.9 Å². The predicted molar refractivity (Wildman–Crippen MR) is 217 cm³/mol. The molecule has 1 aliphatic heterocycles. The van der Waals surface area contributed by atoms with Gasteiger partial charge in [0.15, 0.2) is 0 Å². The van der Waals surface area contributed by atoms with Gasteiger partial charge in [-0.05, 0) is 75.9 Å². The van der Waals surface area contributed by atoms with E-state index in [1.54, 1.807) is 48.2 Å². The number of fused-ring (bicyclic) bond motifs is 1. The second kappa shape index (κ2) is 21.6. The maximum Gasteiger partial charge on any atom is 0.417 e. The Hall–Kier alpha value is -4.63. The van der Waals surface area contributed by atoms with Gasteiger partial charge in [-0.1, -0.05) is 67.8 Å². The van der Waals surface area contributed by atoms with E-state index in [2.05, 4.69) is 41.7 Å². The number of amides is 3. The number of hydrogen-bond acceptors (Lipinski definition) is 8. The topological polar surface area (TPSA) is 148 Å². The summed E-state index contributed by atoms with van der Waals surface area (Å²) in [6.07, 6.45) is 0.325. The number of hydrogen-bond donors (Lipinski definition) is 2. The van der Waals surface area contributed by atoms with E-state index >= 15 is 0 Å². The molecule has 0 bridgehead atoms. The van der Waals surface area contributed by atoms with E-state index in [0.717, 1.165) is 17.4 Å². The molecular weight excluding hydrogens is 793 g/mol. The Labute approximate surface area is 335 Å². The number of nitrogens with zero attached hydrogens (tertiary/aromatic N) is 4. The lowest BCUT2D eigenvalue weighted by molar-refractivity contribution is -0.138. The standard InChI is InChI=1S/C30H40N6O5.C8H6BrF3.C3H8/c1-7-19(4)32-30-33-24-16-35(17-37)20(5)15-23(24)29(41)36(30)22-13-11-21(12-14-22)28(40)34(6)26(39)10-8-9-25(38)27(31)18(2)3;1-5-2-3-7(9)6(4-5)8(10,11)12;1-3-2/h7,11-14,17-20,27H,1,8-10,15-16,31H2,2-6H3,(H,32,33);2-4H,1H3;3H2,1-2H3/t19-,20+,27?;;/m0../s1. The smallest absolute Gasteiger partial charge is 0.349 e. The first kappa shape index (κ1) is 47.5. The van der Waals surface area contributed by atoms with Crippen molar-refractivity contribution >= 4 is 45.9 Å². The van der Waals surface area contributed by atoms with Crippen LogP contribution in [0.5, 0.6) is 0 Å². The van der Waals surface area contributed by atoms with Crippen molar-refractivity contribution < 1.29 is 32.3 Å². The molecule has 56 heavy (non-hydrogen) atoms. The molecule has 0 fully saturated rings. The van der Waals surface area contributed by atoms with Crippen LogP contribution < -0.4 is 16.6 Å². The van der Waals surface area contributed by atoms with Gasteiger partial charge in [0.1, 0.15) is 5.78 Å². The predicted octanol–water partition coefficient (Wildman–Crippen LogP) is 7.64. The fourth-order valence-electron chi connectivity index (χ4n) is 5.45. The monoisotopic (exact) mass is 846 g/mol. The van der Waals surface area contributed by atoms with Gasteiger partial charge in [-0.25, -0.2) is 9.55 Å². The SMILES string of the molecule is C=C[C@H](C)Nc1nc2c(c(=O)n1-c1ccc(C(=O)N(C)C(=O)CCCC(=O)C(N)C(C)C)cc1)C[C@@H](C)N(C=O)C2.CCC.Cc1ccc(Br)c(C(F)(F)F)c1. The number of ketones is 1. The number of Topliss-reactive ketones (excluding diaryl/α,β-unsaturated/α-hetero) is 1. The maximum atomic E-state index is 13.7. The van der Waals surface area contributed by atoms with Crippen LogP contribution in [0.2, 0.25) is 0 Å². The average Bonchev–Trinajstić information content (AvgIpc) is 3.15. The number of anilines is 1. The minimum absolute atomic E-state index is 0.0204. The van der Waals surface area contributed by atoms with Crippen LogP contribution in [0.4, 0.5) is 19.1 Å². The van der Waals surface area contributed by atoms with Gasteiger partial charge in [-0.2, -0.15) is 13.2 Å². The zero-order valence-electron chi connectivity index (χ0n) is 33.4. The van der Waals surface area contributed by atoms with Gasteiger partial charge < -0.3 is 16.0 Å². The molecule has 1 aliphatic rings. The normalized spacial score (nSPS) is 14.5. The summed E-state index contributed by atoms with van der Waals surface area (Å²) in [6, 6.07) is 9.58. The van der Waals surface area contributed by atoms with Crippen molar-refractivity contribution in [3.63, 3.8) is 0 Å². The Morgan fingerprint density at radius 3 is 2.23 bits per heavy atom. The van der Waals surface area contributed by atoms with Crippen LogP contribution in [0.25, 0.3) is 5.69 Å². The number of carbonyl (C=O) groups is 4. The molecule has 3 N–H and O–H groups in total. The Balaban J connectivity index is 0.000000604. The first-order valence-corrected chi connectivity index (χ1v) is 19.3. The Morgan fingerprint density at radius 1 is 1.11 bits per heavy atom. The lowest BCUT2D eigenvalue weighted by Crippen LogP contribution is -2.42. The highest BCUT2D eigenvalue weighted by molar-refractivity contribution is 9.10. The van der Waals surface area contributed by atoms with Crippen LogP contribution in [-0.2, 0) is 33.5 Å². The lowest BCUT2D eigenvalue weighted by atomic mass is 9.97. The molecule has 11 nitrogen and oxygen atoms in total. The largest absolute Gasteiger partial charge is 0.417 e. The van der Waals surface area contributed by atoms with Gasteiger partial charge in [0, 0.05) is 47.6 Å². The van der Waals surface area contributed by atoms with Crippen LogP contribution in [-0.4, -0.2) is 68.5 Å². The van der Waals surface area contributed by atoms with Crippen molar-refractivity contribution in [2.45, 2.75) is 111 Å². The summed E-state index contributed by atoms with van der Waals surface area (Å²) in [7, 11) is 1.40. The van der Waals surface area contributed by atoms with E-state index in [0.29, 0.717) is 41.3 Å². The van der Waals surface area contributed by atoms with E-state index in [1.165, 1.54) is 24.1 Å². The number of aromatic nitrogens is 2. The van der Waals surface area contributed by atoms with Crippen molar-refractivity contribution in [3.05, 3.63) is 97.9 Å². The molecule has 0 saturated carbocycles. The molecule has 4 rings (SSSR count). The van der Waals surface area contributed by atoms with E-state index in [9.17, 15) is 37.1 Å². The fraction of sp³-hybridized carbons (Fsp3) is 0.463. The van der Waals surface area contributed by atoms with E-state index < -0.39 is 29.6 Å². The highest BCUT2D eigenvalue weighted by atomic mass is 79.9. The number of alkyl halides is 3. The number of nitrogens with two attached hydrogens (primary N) is 1. The molecule has 0 saturated heterocycles. The third-order valence-electron chi connectivity index (χ3n) is 8.89. The number of rotatable bonds is 12. The van der Waals surface area contributed by atoms with Crippen molar-refractivity contribution in [1.82, 2.24) is 19.4 Å². The minimum Gasteiger partial charge on any atom is -0.349 e. The highest BCUT2D eigenvalue weighted by Crippen LogP contribution is 2.35. The molecule has 3 amide bonds. The molecule has 3 aromatic rings. The summed E-state index contributed by atoms with van der Waals surface area (Å²) >= 11 is 2.85. The summed E-state index contributed by atoms with van der Waals surface area (Å²) in [6.45, 7) is 17.4. The second-order valence-corrected chi connectivity index (χ2v) is 14.9. The summed E-state index contributed by atoms with van der Waals surface area (Å²) in [5.41, 5.74) is 7.41. The van der Waals surface area contributed by atoms with Crippen molar-refractivity contribution in [2.75, 3.05) is 12.4 Å². The number of carbonyl (C=O) groups excluding carboxylic acids is 4. The van der Waals surface area contributed by atoms with Crippen LogP contribution in [0.1, 0.15) is 100.0 Å². The minimum atomic E-state index is -4.27. The Morgan fingerprint density at radius 2 is 1.71 bits per heavy atom. The zero-order chi connectivity index (χ0) is 42.5. The Bertz CT molecular complexity index is 1900. The quantitative estimate of drug-likeness (QED) is 0.140. The third-order valence-corrected chi connectivity index (χ3v) is 9.58. The van der Waals surface area contributed by atoms with Crippen molar-refractivity contribution in [3.8, 4) is 5.69 Å². The molecule has 15 heteroatoms. The van der Waals surface area contributed by atoms with Crippen LogP contribution in [0.3, 0.4) is 0 Å². The zero-order valence-corrected chi connectivity index (χ0v) is 35.0. The van der Waals surface area contributed by atoms with Gasteiger partial charge in [0.05, 0.1) is 29.5 Å². The first-order chi connectivity index (χ1) is 26.2. The number of nitrogens with one attached hydrogen (secondary N) is 1. The van der Waals surface area contributed by atoms with Gasteiger partial charge in [0.25, 0.3) is 11.5 Å². The summed E-state index contributed by atoms with van der Waals surface area (Å²) in [5, 5.41) is 3.18. The van der Waals surface area contributed by atoms with Crippen molar-refractivity contribution in [1.29, 1.82) is 0 Å². The first-order valence-electron chi connectivity index (χ1n) is 18.5. The van der Waals surface area contributed by atoms with E-state index in [4.69, 9.17) is 10.7 Å². The van der Waals surface area contributed by atoms with E-state index in [1.807, 2.05) is 27.7 Å². The molecule has 1 aromatic heterocycles. The average molecular weight is 848 g/mol. The second-order valence-electron chi connectivity index (χ2n) is 14.1. The van der Waals surface area contributed by atoms with Gasteiger partial charge in [-0.15, -0.1) is 6.58 Å². The molecule has 306 valence electrons. The molecule has 0 radical (unpaired) electrons. The summed E-state index contributed by atoms with van der Waals surface area (Å²) in [5.74, 6) is -0.685. The van der Waals surface area contributed by atoms with Crippen LogP contribution in [0.15, 0.2) is 64.4 Å². The van der Waals surface area contributed by atoms with Gasteiger partial charge in [0.2, 0.25) is 18.3 Å². The number of imide groups is 1. The molecular formula is C41H54BrF3N6O5. The van der Waals surface area contributed by atoms with Crippen molar-refractivity contribution in [2.24, 2.45) is 11.7 Å². The number of aryl methyl sites for hydroxylation is 1. The fourth-order valence-corrected chi connectivity index (χ4v) is 5.93. The molecule has 3 atom stereocenters. The molecule has 0 spiro atoms. The summed E-state index contributed by atoms with van der Waals surface area (Å²) < 4.78 is 38.1. The van der Waals surface area contributed by atoms with Crippen LogP contribution >= 0.6 is 15.9 Å². The van der Waals surface area contributed by atoms with Gasteiger partial charge >= 0.3 is 6.18 Å². The Kier molecular flexibility index (Phi) is 18.3. The van der Waals surface area contributed by atoms with Crippen LogP contribution in [0, 0.1) is 12.8 Å². The highest BCUT2D eigenvalue weighted by Gasteiger charge is 2.33. The van der Waals surface area contributed by atoms with E-state index in [-0.39, 0.29) is 58.8 Å². The number of halogens is 4. The summed E-state index contributed by atoms with van der Waals surface area (Å²) in [4.78, 5) is 70.3.